The first-order valence-corrected chi connectivity index (χ1v) is 8.45. The summed E-state index contributed by atoms with van der Waals surface area (Å²) in [5.41, 5.74) is -1.53. The van der Waals surface area contributed by atoms with Crippen LogP contribution in [-0.4, -0.2) is 25.5 Å². The van der Waals surface area contributed by atoms with Gasteiger partial charge in [-0.15, -0.1) is 11.3 Å². The summed E-state index contributed by atoms with van der Waals surface area (Å²) in [7, 11) is 1.42. The lowest BCUT2D eigenvalue weighted by Gasteiger charge is -2.15. The SMILES string of the molecule is COC(CNC(=O)C(=O)Nc1ccccc1C(F)(F)F)c1ccc(Cl)s1. The molecule has 140 valence electrons. The average molecular weight is 407 g/mol. The number of benzene rings is 1. The molecule has 2 N–H and O–H groups in total. The molecule has 1 heterocycles. The zero-order valence-electron chi connectivity index (χ0n) is 13.4. The summed E-state index contributed by atoms with van der Waals surface area (Å²) in [6.07, 6.45) is -5.19. The fourth-order valence-corrected chi connectivity index (χ4v) is 3.22. The molecule has 0 aliphatic rings. The molecular formula is C16H14ClF3N2O3S. The lowest BCUT2D eigenvalue weighted by Crippen LogP contribution is -2.38. The van der Waals surface area contributed by atoms with Crippen LogP contribution in [0.3, 0.4) is 0 Å². The average Bonchev–Trinajstić information content (AvgIpc) is 3.01. The molecule has 0 bridgehead atoms. The third-order valence-corrected chi connectivity index (χ3v) is 4.65. The molecular weight excluding hydrogens is 393 g/mol. The Kier molecular flexibility index (Phi) is 6.63. The van der Waals surface area contributed by atoms with Gasteiger partial charge < -0.3 is 15.4 Å². The number of carbonyl (C=O) groups is 2. The highest BCUT2D eigenvalue weighted by Crippen LogP contribution is 2.34. The van der Waals surface area contributed by atoms with Gasteiger partial charge in [0.2, 0.25) is 0 Å². The molecule has 1 atom stereocenters. The molecule has 0 spiro atoms. The number of halogens is 4. The Labute approximate surface area is 156 Å². The summed E-state index contributed by atoms with van der Waals surface area (Å²) in [4.78, 5) is 24.5. The smallest absolute Gasteiger partial charge is 0.374 e. The summed E-state index contributed by atoms with van der Waals surface area (Å²) < 4.78 is 44.5. The van der Waals surface area contributed by atoms with Crippen molar-refractivity contribution in [3.05, 3.63) is 51.2 Å². The molecule has 1 unspecified atom stereocenters. The lowest BCUT2D eigenvalue weighted by atomic mass is 10.1. The fourth-order valence-electron chi connectivity index (χ4n) is 2.09. The number of rotatable bonds is 5. The second kappa shape index (κ2) is 8.52. The van der Waals surface area contributed by atoms with Gasteiger partial charge in [-0.3, -0.25) is 9.59 Å². The van der Waals surface area contributed by atoms with Gasteiger partial charge in [-0.25, -0.2) is 0 Å². The van der Waals surface area contributed by atoms with Gasteiger partial charge >= 0.3 is 18.0 Å². The van der Waals surface area contributed by atoms with E-state index in [1.165, 1.54) is 30.6 Å². The molecule has 26 heavy (non-hydrogen) atoms. The van der Waals surface area contributed by atoms with Crippen LogP contribution in [0.4, 0.5) is 18.9 Å². The Balaban J connectivity index is 1.99. The van der Waals surface area contributed by atoms with Gasteiger partial charge in [-0.1, -0.05) is 23.7 Å². The van der Waals surface area contributed by atoms with Crippen molar-refractivity contribution in [1.29, 1.82) is 0 Å². The fraction of sp³-hybridized carbons (Fsp3) is 0.250. The predicted molar refractivity (Wildman–Crippen MR) is 92.2 cm³/mol. The molecule has 0 aliphatic heterocycles. The van der Waals surface area contributed by atoms with Crippen LogP contribution in [0.15, 0.2) is 36.4 Å². The monoisotopic (exact) mass is 406 g/mol. The van der Waals surface area contributed by atoms with E-state index in [9.17, 15) is 22.8 Å². The number of para-hydroxylation sites is 1. The summed E-state index contributed by atoms with van der Waals surface area (Å²) in [6, 6.07) is 7.77. The van der Waals surface area contributed by atoms with Gasteiger partial charge in [-0.2, -0.15) is 13.2 Å². The second-order valence-corrected chi connectivity index (χ2v) is 6.82. The number of amides is 2. The van der Waals surface area contributed by atoms with Gasteiger partial charge in [0.05, 0.1) is 15.6 Å². The first-order valence-electron chi connectivity index (χ1n) is 7.25. The zero-order valence-corrected chi connectivity index (χ0v) is 15.0. The van der Waals surface area contributed by atoms with Gasteiger partial charge in [0.25, 0.3) is 0 Å². The van der Waals surface area contributed by atoms with E-state index >= 15 is 0 Å². The highest BCUT2D eigenvalue weighted by Gasteiger charge is 2.34. The zero-order chi connectivity index (χ0) is 19.3. The molecule has 2 rings (SSSR count). The molecule has 0 radical (unpaired) electrons. The van der Waals surface area contributed by atoms with E-state index in [-0.39, 0.29) is 6.54 Å². The van der Waals surface area contributed by atoms with Crippen molar-refractivity contribution in [2.45, 2.75) is 12.3 Å². The normalized spacial score (nSPS) is 12.5. The van der Waals surface area contributed by atoms with Gasteiger partial charge in [-0.05, 0) is 24.3 Å². The number of carbonyl (C=O) groups excluding carboxylic acids is 2. The number of nitrogens with one attached hydrogen (secondary N) is 2. The molecule has 0 saturated carbocycles. The summed E-state index contributed by atoms with van der Waals surface area (Å²) in [5, 5.41) is 4.30. The highest BCUT2D eigenvalue weighted by atomic mass is 35.5. The maximum atomic E-state index is 12.9. The van der Waals surface area contributed by atoms with Crippen LogP contribution in [0.2, 0.25) is 4.34 Å². The van der Waals surface area contributed by atoms with Crippen molar-refractivity contribution >= 4 is 40.4 Å². The van der Waals surface area contributed by atoms with Gasteiger partial charge in [0.15, 0.2) is 0 Å². The molecule has 2 amide bonds. The lowest BCUT2D eigenvalue weighted by molar-refractivity contribution is -0.138. The minimum Gasteiger partial charge on any atom is -0.374 e. The molecule has 0 saturated heterocycles. The molecule has 10 heteroatoms. The Morgan fingerprint density at radius 1 is 1.19 bits per heavy atom. The topological polar surface area (TPSA) is 67.4 Å². The number of hydrogen-bond donors (Lipinski definition) is 2. The number of ether oxygens (including phenoxy) is 1. The van der Waals surface area contributed by atoms with Gasteiger partial charge in [0, 0.05) is 18.5 Å². The van der Waals surface area contributed by atoms with E-state index in [1.807, 2.05) is 5.32 Å². The minimum absolute atomic E-state index is 0.0412. The van der Waals surface area contributed by atoms with Crippen LogP contribution >= 0.6 is 22.9 Å². The highest BCUT2D eigenvalue weighted by molar-refractivity contribution is 7.16. The number of alkyl halides is 3. The molecule has 0 fully saturated rings. The van der Waals surface area contributed by atoms with Gasteiger partial charge in [0.1, 0.15) is 6.10 Å². The van der Waals surface area contributed by atoms with Crippen LogP contribution < -0.4 is 10.6 Å². The second-order valence-electron chi connectivity index (χ2n) is 5.07. The molecule has 5 nitrogen and oxygen atoms in total. The van der Waals surface area contributed by atoms with Crippen LogP contribution in [0, 0.1) is 0 Å². The van der Waals surface area contributed by atoms with Crippen LogP contribution in [-0.2, 0) is 20.5 Å². The molecule has 1 aromatic heterocycles. The number of methoxy groups -OCH3 is 1. The van der Waals surface area contributed by atoms with Crippen molar-refractivity contribution in [2.24, 2.45) is 0 Å². The van der Waals surface area contributed by atoms with E-state index < -0.39 is 35.3 Å². The van der Waals surface area contributed by atoms with Crippen molar-refractivity contribution in [3.63, 3.8) is 0 Å². The molecule has 0 aliphatic carbocycles. The molecule has 2 aromatic rings. The maximum Gasteiger partial charge on any atom is 0.418 e. The maximum absolute atomic E-state index is 12.9. The molecule has 1 aromatic carbocycles. The largest absolute Gasteiger partial charge is 0.418 e. The van der Waals surface area contributed by atoms with Crippen molar-refractivity contribution in [2.75, 3.05) is 19.0 Å². The van der Waals surface area contributed by atoms with Crippen LogP contribution in [0.5, 0.6) is 0 Å². The van der Waals surface area contributed by atoms with E-state index in [2.05, 4.69) is 5.32 Å². The van der Waals surface area contributed by atoms with Crippen LogP contribution in [0.25, 0.3) is 0 Å². The summed E-state index contributed by atoms with van der Waals surface area (Å²) >= 11 is 7.09. The minimum atomic E-state index is -4.65. The number of anilines is 1. The van der Waals surface area contributed by atoms with Crippen molar-refractivity contribution < 1.29 is 27.5 Å². The van der Waals surface area contributed by atoms with E-state index in [0.717, 1.165) is 17.0 Å². The Morgan fingerprint density at radius 2 is 1.88 bits per heavy atom. The standard InChI is InChI=1S/C16H14ClF3N2O3S/c1-25-11(12-6-7-13(17)26-12)8-21-14(23)15(24)22-10-5-3-2-4-9(10)16(18,19)20/h2-7,11H,8H2,1H3,(H,21,23)(H,22,24). The van der Waals surface area contributed by atoms with Crippen LogP contribution in [0.1, 0.15) is 16.5 Å². The van der Waals surface area contributed by atoms with E-state index in [4.69, 9.17) is 16.3 Å². The Hall–Kier alpha value is -2.10. The number of thiophene rings is 1. The number of hydrogen-bond acceptors (Lipinski definition) is 4. The van der Waals surface area contributed by atoms with Crippen molar-refractivity contribution in [3.8, 4) is 0 Å². The van der Waals surface area contributed by atoms with E-state index in [1.54, 1.807) is 12.1 Å². The summed E-state index contributed by atoms with van der Waals surface area (Å²) in [6.45, 7) is -0.0412. The first-order chi connectivity index (χ1) is 12.2. The predicted octanol–water partition coefficient (Wildman–Crippen LogP) is 3.86. The van der Waals surface area contributed by atoms with Crippen molar-refractivity contribution in [1.82, 2.24) is 5.32 Å². The first kappa shape index (κ1) is 20.2. The Morgan fingerprint density at radius 3 is 2.46 bits per heavy atom. The Bertz CT molecular complexity index is 795. The van der Waals surface area contributed by atoms with E-state index in [0.29, 0.717) is 4.34 Å². The third kappa shape index (κ3) is 5.20. The third-order valence-electron chi connectivity index (χ3n) is 3.33. The summed E-state index contributed by atoms with van der Waals surface area (Å²) in [5.74, 6) is -2.28. The quantitative estimate of drug-likeness (QED) is 0.741.